The molecule has 0 heterocycles. The molecule has 1 fully saturated rings. The van der Waals surface area contributed by atoms with E-state index in [0.29, 0.717) is 0 Å². The molecule has 1 aliphatic rings. The Hall–Kier alpha value is -1.65. The summed E-state index contributed by atoms with van der Waals surface area (Å²) in [6.07, 6.45) is 2.96. The molecule has 5 heteroatoms. The van der Waals surface area contributed by atoms with Crippen molar-refractivity contribution in [2.24, 2.45) is 5.41 Å². The first-order valence-electron chi connectivity index (χ1n) is 6.73. The van der Waals surface area contributed by atoms with Gasteiger partial charge in [0.25, 0.3) is 5.91 Å². The van der Waals surface area contributed by atoms with E-state index in [-0.39, 0.29) is 29.7 Å². The topological polar surface area (TPSA) is 38.3 Å². The Kier molecular flexibility index (Phi) is 4.26. The highest BCUT2D eigenvalue weighted by molar-refractivity contribution is 5.77. The van der Waals surface area contributed by atoms with Crippen LogP contribution in [0.25, 0.3) is 0 Å². The normalized spacial score (nSPS) is 20.7. The van der Waals surface area contributed by atoms with Crippen molar-refractivity contribution in [2.75, 3.05) is 6.61 Å². The lowest BCUT2D eigenvalue weighted by atomic mass is 9.92. The molecule has 1 aromatic carbocycles. The van der Waals surface area contributed by atoms with Gasteiger partial charge in [-0.2, -0.15) is 0 Å². The van der Waals surface area contributed by atoms with E-state index in [4.69, 9.17) is 4.74 Å². The van der Waals surface area contributed by atoms with Gasteiger partial charge in [-0.25, -0.2) is 8.78 Å². The van der Waals surface area contributed by atoms with Crippen molar-refractivity contribution >= 4 is 5.91 Å². The minimum atomic E-state index is -0.806. The number of halogens is 2. The molecule has 0 radical (unpaired) electrons. The number of carbonyl (C=O) groups is 1. The van der Waals surface area contributed by atoms with Crippen LogP contribution in [0.5, 0.6) is 5.75 Å². The highest BCUT2D eigenvalue weighted by Gasteiger charge is 2.31. The fourth-order valence-corrected chi connectivity index (χ4v) is 2.56. The van der Waals surface area contributed by atoms with Crippen LogP contribution in [0.3, 0.4) is 0 Å². The lowest BCUT2D eigenvalue weighted by molar-refractivity contribution is -0.123. The van der Waals surface area contributed by atoms with Crippen LogP contribution in [0, 0.1) is 17.0 Å². The van der Waals surface area contributed by atoms with E-state index in [1.54, 1.807) is 0 Å². The molecule has 20 heavy (non-hydrogen) atoms. The van der Waals surface area contributed by atoms with Gasteiger partial charge < -0.3 is 10.1 Å². The molecule has 0 aromatic heterocycles. The zero-order valence-corrected chi connectivity index (χ0v) is 11.7. The Balaban J connectivity index is 1.81. The molecule has 1 saturated carbocycles. The summed E-state index contributed by atoms with van der Waals surface area (Å²) in [6, 6.07) is 3.15. The standard InChI is InChI=1S/C15H19F2NO2/c1-15(2)6-5-11(8-15)18-14(19)9-20-13-4-3-10(16)7-12(13)17/h3-4,7,11H,5-6,8-9H2,1-2H3,(H,18,19). The Morgan fingerprint density at radius 2 is 2.20 bits per heavy atom. The minimum absolute atomic E-state index is 0.117. The van der Waals surface area contributed by atoms with Crippen LogP contribution in [0.4, 0.5) is 8.78 Å². The molecule has 1 amide bonds. The van der Waals surface area contributed by atoms with Crippen LogP contribution >= 0.6 is 0 Å². The number of benzene rings is 1. The molecule has 110 valence electrons. The van der Waals surface area contributed by atoms with Crippen LogP contribution in [0.2, 0.25) is 0 Å². The first-order chi connectivity index (χ1) is 9.35. The van der Waals surface area contributed by atoms with E-state index in [9.17, 15) is 13.6 Å². The van der Waals surface area contributed by atoms with Gasteiger partial charge in [0, 0.05) is 12.1 Å². The highest BCUT2D eigenvalue weighted by Crippen LogP contribution is 2.36. The van der Waals surface area contributed by atoms with Crippen LogP contribution in [0.1, 0.15) is 33.1 Å². The predicted molar refractivity (Wildman–Crippen MR) is 71.4 cm³/mol. The van der Waals surface area contributed by atoms with Gasteiger partial charge in [-0.3, -0.25) is 4.79 Å². The summed E-state index contributed by atoms with van der Waals surface area (Å²) < 4.78 is 31.1. The molecule has 0 bridgehead atoms. The van der Waals surface area contributed by atoms with Crippen LogP contribution in [-0.4, -0.2) is 18.6 Å². The largest absolute Gasteiger partial charge is 0.481 e. The van der Waals surface area contributed by atoms with Gasteiger partial charge >= 0.3 is 0 Å². The number of hydrogen-bond donors (Lipinski definition) is 1. The second-order valence-corrected chi connectivity index (χ2v) is 6.03. The van der Waals surface area contributed by atoms with Crippen molar-refractivity contribution in [1.82, 2.24) is 5.32 Å². The lowest BCUT2D eigenvalue weighted by Gasteiger charge is -2.18. The number of ether oxygens (including phenoxy) is 1. The highest BCUT2D eigenvalue weighted by atomic mass is 19.1. The van der Waals surface area contributed by atoms with E-state index in [2.05, 4.69) is 19.2 Å². The zero-order valence-electron chi connectivity index (χ0n) is 11.7. The third-order valence-electron chi connectivity index (χ3n) is 3.59. The van der Waals surface area contributed by atoms with Crippen molar-refractivity contribution in [1.29, 1.82) is 0 Å². The summed E-state index contributed by atoms with van der Waals surface area (Å²) in [5, 5.41) is 2.88. The van der Waals surface area contributed by atoms with Crippen molar-refractivity contribution in [3.05, 3.63) is 29.8 Å². The first kappa shape index (κ1) is 14.8. The average molecular weight is 283 g/mol. The molecule has 1 N–H and O–H groups in total. The maximum absolute atomic E-state index is 13.3. The van der Waals surface area contributed by atoms with Gasteiger partial charge in [-0.15, -0.1) is 0 Å². The molecule has 2 rings (SSSR count). The van der Waals surface area contributed by atoms with Gasteiger partial charge in [0.05, 0.1) is 0 Å². The van der Waals surface area contributed by atoms with Crippen LogP contribution in [0.15, 0.2) is 18.2 Å². The van der Waals surface area contributed by atoms with Gasteiger partial charge in [0.1, 0.15) is 5.82 Å². The average Bonchev–Trinajstić information content (AvgIpc) is 2.67. The van der Waals surface area contributed by atoms with Gasteiger partial charge in [0.2, 0.25) is 0 Å². The maximum atomic E-state index is 13.3. The lowest BCUT2D eigenvalue weighted by Crippen LogP contribution is -2.36. The number of carbonyl (C=O) groups excluding carboxylic acids is 1. The quantitative estimate of drug-likeness (QED) is 0.922. The summed E-state index contributed by atoms with van der Waals surface area (Å²) in [5.41, 5.74) is 0.252. The minimum Gasteiger partial charge on any atom is -0.481 e. The van der Waals surface area contributed by atoms with Crippen molar-refractivity contribution < 1.29 is 18.3 Å². The second-order valence-electron chi connectivity index (χ2n) is 6.03. The van der Waals surface area contributed by atoms with Crippen LogP contribution in [-0.2, 0) is 4.79 Å². The van der Waals surface area contributed by atoms with E-state index in [0.717, 1.165) is 31.4 Å². The Morgan fingerprint density at radius 3 is 2.80 bits per heavy atom. The van der Waals surface area contributed by atoms with E-state index in [1.807, 2.05) is 0 Å². The monoisotopic (exact) mass is 283 g/mol. The third-order valence-corrected chi connectivity index (χ3v) is 3.59. The summed E-state index contributed by atoms with van der Waals surface area (Å²) in [4.78, 5) is 11.7. The van der Waals surface area contributed by atoms with Crippen LogP contribution < -0.4 is 10.1 Å². The van der Waals surface area contributed by atoms with Crippen molar-refractivity contribution in [3.63, 3.8) is 0 Å². The Morgan fingerprint density at radius 1 is 1.45 bits per heavy atom. The summed E-state index contributed by atoms with van der Waals surface area (Å²) in [6.45, 7) is 4.08. The zero-order chi connectivity index (χ0) is 14.8. The van der Waals surface area contributed by atoms with E-state index in [1.165, 1.54) is 6.07 Å². The van der Waals surface area contributed by atoms with E-state index < -0.39 is 11.6 Å². The van der Waals surface area contributed by atoms with Gasteiger partial charge in [0.15, 0.2) is 18.2 Å². The fraction of sp³-hybridized carbons (Fsp3) is 0.533. The predicted octanol–water partition coefficient (Wildman–Crippen LogP) is 3.04. The molecule has 1 aromatic rings. The number of hydrogen-bond acceptors (Lipinski definition) is 2. The number of nitrogens with one attached hydrogen (secondary N) is 1. The second kappa shape index (κ2) is 5.77. The van der Waals surface area contributed by atoms with Crippen molar-refractivity contribution in [2.45, 2.75) is 39.2 Å². The van der Waals surface area contributed by atoms with Gasteiger partial charge in [-0.1, -0.05) is 13.8 Å². The maximum Gasteiger partial charge on any atom is 0.258 e. The Bertz CT molecular complexity index is 503. The molecular weight excluding hydrogens is 264 g/mol. The summed E-state index contributed by atoms with van der Waals surface area (Å²) in [5.74, 6) is -1.88. The first-order valence-corrected chi connectivity index (χ1v) is 6.73. The van der Waals surface area contributed by atoms with Gasteiger partial charge in [-0.05, 0) is 36.8 Å². The molecule has 1 unspecified atom stereocenters. The summed E-state index contributed by atoms with van der Waals surface area (Å²) in [7, 11) is 0. The molecule has 1 atom stereocenters. The molecule has 3 nitrogen and oxygen atoms in total. The van der Waals surface area contributed by atoms with E-state index >= 15 is 0 Å². The third kappa shape index (κ3) is 3.92. The molecule has 1 aliphatic carbocycles. The molecular formula is C15H19F2NO2. The van der Waals surface area contributed by atoms with Crippen molar-refractivity contribution in [3.8, 4) is 5.75 Å². The molecule has 0 spiro atoms. The smallest absolute Gasteiger partial charge is 0.258 e. The number of amides is 1. The molecule has 0 aliphatic heterocycles. The fourth-order valence-electron chi connectivity index (χ4n) is 2.56. The Labute approximate surface area is 117 Å². The summed E-state index contributed by atoms with van der Waals surface area (Å²) >= 11 is 0. The SMILES string of the molecule is CC1(C)CCC(NC(=O)COc2ccc(F)cc2F)C1. The molecule has 0 saturated heterocycles. The number of rotatable bonds is 4.